The first-order chi connectivity index (χ1) is 16.9. The number of carbonyl (C=O) groups excluding carboxylic acids is 3. The molecule has 1 saturated carbocycles. The molecular weight excluding hydrogens is 474 g/mol. The van der Waals surface area contributed by atoms with E-state index in [1.54, 1.807) is 37.4 Å². The lowest BCUT2D eigenvalue weighted by atomic mass is 9.97. The molecule has 7 nitrogen and oxygen atoms in total. The number of thioether (sulfide) groups is 1. The van der Waals surface area contributed by atoms with Crippen LogP contribution in [0.25, 0.3) is 0 Å². The number of amides is 3. The van der Waals surface area contributed by atoms with Crippen molar-refractivity contribution in [2.24, 2.45) is 5.92 Å². The highest BCUT2D eigenvalue weighted by Gasteiger charge is 2.48. The first kappa shape index (κ1) is 30.0. The summed E-state index contributed by atoms with van der Waals surface area (Å²) >= 11 is 1.61. The van der Waals surface area contributed by atoms with E-state index in [1.807, 2.05) is 44.4 Å². The Kier molecular flexibility index (Phi) is 11.1. The molecule has 2 rings (SSSR count). The van der Waals surface area contributed by atoms with Crippen molar-refractivity contribution in [3.63, 3.8) is 0 Å². The van der Waals surface area contributed by atoms with E-state index in [4.69, 9.17) is 4.74 Å². The van der Waals surface area contributed by atoms with Gasteiger partial charge in [-0.1, -0.05) is 44.5 Å². The minimum Gasteiger partial charge on any atom is -0.444 e. The quantitative estimate of drug-likeness (QED) is 0.395. The van der Waals surface area contributed by atoms with E-state index < -0.39 is 23.8 Å². The standard InChI is InChI=1S/C28H45N3O4S/c1-9-12-20(4)29-25(32)24(21-14-11-10-13-18(21)2)31(23-17-19(23)3)26(33)22(15-16-36-8)30-27(34)35-28(5,6)7/h10-11,13-14,19-20,22-24H,9,12,15-17H2,1-8H3,(H,29,32)(H,30,34). The second kappa shape index (κ2) is 13.4. The van der Waals surface area contributed by atoms with E-state index in [0.29, 0.717) is 12.2 Å². The Bertz CT molecular complexity index is 901. The van der Waals surface area contributed by atoms with Gasteiger partial charge in [0.1, 0.15) is 17.7 Å². The topological polar surface area (TPSA) is 87.7 Å². The largest absolute Gasteiger partial charge is 0.444 e. The van der Waals surface area contributed by atoms with Crippen LogP contribution in [0.2, 0.25) is 0 Å². The Hall–Kier alpha value is -2.22. The van der Waals surface area contributed by atoms with Crippen LogP contribution in [0.5, 0.6) is 0 Å². The molecule has 202 valence electrons. The normalized spacial score (nSPS) is 19.6. The Morgan fingerprint density at radius 3 is 2.33 bits per heavy atom. The molecule has 0 bridgehead atoms. The third-order valence-electron chi connectivity index (χ3n) is 6.40. The van der Waals surface area contributed by atoms with Gasteiger partial charge in [-0.15, -0.1) is 0 Å². The van der Waals surface area contributed by atoms with E-state index in [9.17, 15) is 14.4 Å². The molecule has 0 aliphatic heterocycles. The summed E-state index contributed by atoms with van der Waals surface area (Å²) in [6, 6.07) is 6.11. The van der Waals surface area contributed by atoms with Gasteiger partial charge in [-0.05, 0) is 82.9 Å². The molecule has 0 saturated heterocycles. The predicted molar refractivity (Wildman–Crippen MR) is 147 cm³/mol. The van der Waals surface area contributed by atoms with Gasteiger partial charge >= 0.3 is 6.09 Å². The van der Waals surface area contributed by atoms with Crippen molar-refractivity contribution in [1.82, 2.24) is 15.5 Å². The summed E-state index contributed by atoms with van der Waals surface area (Å²) in [4.78, 5) is 42.4. The number of rotatable bonds is 12. The van der Waals surface area contributed by atoms with Crippen molar-refractivity contribution in [2.75, 3.05) is 12.0 Å². The van der Waals surface area contributed by atoms with Crippen LogP contribution in [0.1, 0.15) is 84.4 Å². The van der Waals surface area contributed by atoms with Gasteiger partial charge in [-0.25, -0.2) is 4.79 Å². The number of hydrogen-bond acceptors (Lipinski definition) is 5. The summed E-state index contributed by atoms with van der Waals surface area (Å²) in [5, 5.41) is 5.95. The summed E-state index contributed by atoms with van der Waals surface area (Å²) in [6.07, 6.45) is 4.43. The maximum Gasteiger partial charge on any atom is 0.408 e. The average Bonchev–Trinajstić information content (AvgIpc) is 3.49. The van der Waals surface area contributed by atoms with Crippen LogP contribution >= 0.6 is 11.8 Å². The molecule has 0 aromatic heterocycles. The molecule has 5 atom stereocenters. The molecule has 1 fully saturated rings. The van der Waals surface area contributed by atoms with Crippen LogP contribution in [0.15, 0.2) is 24.3 Å². The number of benzene rings is 1. The van der Waals surface area contributed by atoms with E-state index in [2.05, 4.69) is 24.5 Å². The van der Waals surface area contributed by atoms with Crippen LogP contribution < -0.4 is 10.6 Å². The number of alkyl carbamates (subject to hydrolysis) is 1. The van der Waals surface area contributed by atoms with Crippen LogP contribution in [0.4, 0.5) is 4.79 Å². The Morgan fingerprint density at radius 1 is 1.17 bits per heavy atom. The second-order valence-electron chi connectivity index (χ2n) is 11.0. The van der Waals surface area contributed by atoms with Gasteiger partial charge in [0.2, 0.25) is 11.8 Å². The summed E-state index contributed by atoms with van der Waals surface area (Å²) < 4.78 is 5.46. The van der Waals surface area contributed by atoms with E-state index in [-0.39, 0.29) is 29.8 Å². The molecule has 1 aliphatic carbocycles. The first-order valence-corrected chi connectivity index (χ1v) is 14.5. The van der Waals surface area contributed by atoms with Crippen LogP contribution in [0.3, 0.4) is 0 Å². The van der Waals surface area contributed by atoms with E-state index >= 15 is 0 Å². The third-order valence-corrected chi connectivity index (χ3v) is 7.04. The van der Waals surface area contributed by atoms with Crippen molar-refractivity contribution in [1.29, 1.82) is 0 Å². The summed E-state index contributed by atoms with van der Waals surface area (Å²) in [5.41, 5.74) is 1.08. The highest BCUT2D eigenvalue weighted by molar-refractivity contribution is 7.98. The maximum absolute atomic E-state index is 14.2. The van der Waals surface area contributed by atoms with Crippen molar-refractivity contribution >= 4 is 29.7 Å². The number of carbonyl (C=O) groups is 3. The molecular formula is C28H45N3O4S. The van der Waals surface area contributed by atoms with Crippen LogP contribution in [-0.2, 0) is 14.3 Å². The third kappa shape index (κ3) is 8.71. The first-order valence-electron chi connectivity index (χ1n) is 13.1. The summed E-state index contributed by atoms with van der Waals surface area (Å²) in [5.74, 6) is 0.549. The van der Waals surface area contributed by atoms with Crippen molar-refractivity contribution in [3.05, 3.63) is 35.4 Å². The number of hydrogen-bond donors (Lipinski definition) is 2. The number of aryl methyl sites for hydroxylation is 1. The van der Waals surface area contributed by atoms with E-state index in [0.717, 1.165) is 30.4 Å². The van der Waals surface area contributed by atoms with Gasteiger partial charge < -0.3 is 20.3 Å². The predicted octanol–water partition coefficient (Wildman–Crippen LogP) is 5.22. The lowest BCUT2D eigenvalue weighted by molar-refractivity contribution is -0.143. The highest BCUT2D eigenvalue weighted by atomic mass is 32.2. The van der Waals surface area contributed by atoms with Gasteiger partial charge in [0.25, 0.3) is 0 Å². The van der Waals surface area contributed by atoms with Crippen molar-refractivity contribution < 1.29 is 19.1 Å². The molecule has 0 radical (unpaired) electrons. The lowest BCUT2D eigenvalue weighted by Gasteiger charge is -2.36. The molecule has 36 heavy (non-hydrogen) atoms. The van der Waals surface area contributed by atoms with Gasteiger partial charge in [0.15, 0.2) is 0 Å². The molecule has 1 aromatic carbocycles. The van der Waals surface area contributed by atoms with Gasteiger partial charge in [0.05, 0.1) is 0 Å². The monoisotopic (exact) mass is 519 g/mol. The Labute approximate surface area is 221 Å². The van der Waals surface area contributed by atoms with Gasteiger partial charge in [0, 0.05) is 12.1 Å². The number of nitrogens with zero attached hydrogens (tertiary/aromatic N) is 1. The fourth-order valence-electron chi connectivity index (χ4n) is 4.43. The summed E-state index contributed by atoms with van der Waals surface area (Å²) in [6.45, 7) is 13.5. The lowest BCUT2D eigenvalue weighted by Crippen LogP contribution is -2.54. The molecule has 0 spiro atoms. The minimum absolute atomic E-state index is 0.00484. The zero-order valence-electron chi connectivity index (χ0n) is 23.2. The fraction of sp³-hybridized carbons (Fsp3) is 0.679. The Morgan fingerprint density at radius 2 is 1.81 bits per heavy atom. The molecule has 8 heteroatoms. The minimum atomic E-state index is -0.785. The highest BCUT2D eigenvalue weighted by Crippen LogP contribution is 2.41. The number of nitrogens with one attached hydrogen (secondary N) is 2. The molecule has 5 unspecified atom stereocenters. The van der Waals surface area contributed by atoms with Crippen molar-refractivity contribution in [3.8, 4) is 0 Å². The smallest absolute Gasteiger partial charge is 0.408 e. The summed E-state index contributed by atoms with van der Waals surface area (Å²) in [7, 11) is 0. The van der Waals surface area contributed by atoms with Crippen LogP contribution in [0, 0.1) is 12.8 Å². The Balaban J connectivity index is 2.47. The number of ether oxygens (including phenoxy) is 1. The van der Waals surface area contributed by atoms with E-state index in [1.165, 1.54) is 0 Å². The SMILES string of the molecule is CCCC(C)NC(=O)C(c1ccccc1C)N(C(=O)C(CCSC)NC(=O)OC(C)(C)C)C1CC1C. The zero-order chi connectivity index (χ0) is 27.0. The van der Waals surface area contributed by atoms with Gasteiger partial charge in [-0.3, -0.25) is 9.59 Å². The second-order valence-corrected chi connectivity index (χ2v) is 11.9. The average molecular weight is 520 g/mol. The van der Waals surface area contributed by atoms with Gasteiger partial charge in [-0.2, -0.15) is 11.8 Å². The molecule has 1 aliphatic rings. The van der Waals surface area contributed by atoms with Crippen LogP contribution in [-0.4, -0.2) is 58.5 Å². The molecule has 2 N–H and O–H groups in total. The molecule has 1 aromatic rings. The molecule has 0 heterocycles. The maximum atomic E-state index is 14.2. The molecule has 3 amide bonds. The zero-order valence-corrected chi connectivity index (χ0v) is 24.0. The fourth-order valence-corrected chi connectivity index (χ4v) is 4.90. The van der Waals surface area contributed by atoms with Crippen molar-refractivity contribution in [2.45, 2.75) is 104 Å².